The lowest BCUT2D eigenvalue weighted by Gasteiger charge is -2.37. The Labute approximate surface area is 182 Å². The number of aromatic hydroxyl groups is 1. The van der Waals surface area contributed by atoms with Gasteiger partial charge in [-0.25, -0.2) is 9.59 Å². The third kappa shape index (κ3) is 5.25. The molecule has 168 valence electrons. The average Bonchev–Trinajstić information content (AvgIpc) is 2.68. The molecular weight excluding hydrogens is 402 g/mol. The monoisotopic (exact) mass is 431 g/mol. The number of hydrogen-bond donors (Lipinski definition) is 1. The van der Waals surface area contributed by atoms with Gasteiger partial charge in [-0.1, -0.05) is 6.07 Å². The number of benzene rings is 1. The van der Waals surface area contributed by atoms with Gasteiger partial charge in [0.1, 0.15) is 5.75 Å². The van der Waals surface area contributed by atoms with E-state index in [9.17, 15) is 19.5 Å². The van der Waals surface area contributed by atoms with E-state index >= 15 is 0 Å². The number of anilines is 1. The standard InChI is InChI=1S/C23H29NO7/c1-6-29-19(26)13-18-20(22(27)30-7-2)14(4)24(16-10-9-11-17(25)12-16)15(5)21(18)23(28)31-8-3/h9-12,18,25H,6-8,13H2,1-5H3. The molecule has 1 aliphatic rings. The van der Waals surface area contributed by atoms with Crippen LogP contribution in [0.25, 0.3) is 0 Å². The highest BCUT2D eigenvalue weighted by Gasteiger charge is 2.41. The average molecular weight is 431 g/mol. The molecule has 0 radical (unpaired) electrons. The van der Waals surface area contributed by atoms with Crippen molar-refractivity contribution in [3.05, 3.63) is 46.8 Å². The smallest absolute Gasteiger partial charge is 0.336 e. The van der Waals surface area contributed by atoms with Crippen LogP contribution in [-0.4, -0.2) is 42.8 Å². The number of carbonyl (C=O) groups excluding carboxylic acids is 3. The van der Waals surface area contributed by atoms with Crippen molar-refractivity contribution in [2.45, 2.75) is 41.0 Å². The Morgan fingerprint density at radius 1 is 0.903 bits per heavy atom. The van der Waals surface area contributed by atoms with Gasteiger partial charge < -0.3 is 24.2 Å². The quantitative estimate of drug-likeness (QED) is 0.493. The Morgan fingerprint density at radius 2 is 1.42 bits per heavy atom. The maximum atomic E-state index is 13.0. The van der Waals surface area contributed by atoms with E-state index in [1.54, 1.807) is 51.7 Å². The molecular formula is C23H29NO7. The molecule has 0 spiro atoms. The first kappa shape index (κ1) is 24.0. The first-order valence-electron chi connectivity index (χ1n) is 10.3. The van der Waals surface area contributed by atoms with Gasteiger partial charge in [-0.2, -0.15) is 0 Å². The molecule has 1 aromatic rings. The van der Waals surface area contributed by atoms with Crippen LogP contribution in [0.1, 0.15) is 41.0 Å². The Kier molecular flexibility index (Phi) is 8.24. The second-order valence-corrected chi connectivity index (χ2v) is 6.86. The van der Waals surface area contributed by atoms with Crippen LogP contribution in [0, 0.1) is 5.92 Å². The van der Waals surface area contributed by atoms with Gasteiger partial charge in [-0.15, -0.1) is 0 Å². The SMILES string of the molecule is CCOC(=O)CC1C(C(=O)OCC)=C(C)N(c2cccc(O)c2)C(C)=C1C(=O)OCC. The molecule has 0 saturated heterocycles. The summed E-state index contributed by atoms with van der Waals surface area (Å²) in [6.07, 6.45) is -0.210. The zero-order chi connectivity index (χ0) is 23.1. The van der Waals surface area contributed by atoms with Crippen LogP contribution >= 0.6 is 0 Å². The number of nitrogens with zero attached hydrogens (tertiary/aromatic N) is 1. The highest BCUT2D eigenvalue weighted by Crippen LogP contribution is 2.41. The molecule has 1 aromatic carbocycles. The van der Waals surface area contributed by atoms with E-state index in [1.807, 2.05) is 0 Å². The van der Waals surface area contributed by atoms with E-state index in [4.69, 9.17) is 14.2 Å². The summed E-state index contributed by atoms with van der Waals surface area (Å²) in [5.41, 5.74) is 1.87. The van der Waals surface area contributed by atoms with E-state index in [2.05, 4.69) is 0 Å². The Balaban J connectivity index is 2.74. The van der Waals surface area contributed by atoms with Crippen molar-refractivity contribution in [2.24, 2.45) is 5.92 Å². The second-order valence-electron chi connectivity index (χ2n) is 6.86. The topological polar surface area (TPSA) is 102 Å². The number of allylic oxidation sites excluding steroid dienone is 2. The Bertz CT molecular complexity index is 874. The molecule has 1 aliphatic heterocycles. The minimum Gasteiger partial charge on any atom is -0.508 e. The third-order valence-electron chi connectivity index (χ3n) is 4.90. The fourth-order valence-corrected chi connectivity index (χ4v) is 3.75. The fraction of sp³-hybridized carbons (Fsp3) is 0.435. The molecule has 0 unspecified atom stereocenters. The predicted octanol–water partition coefficient (Wildman–Crippen LogP) is 3.46. The summed E-state index contributed by atoms with van der Waals surface area (Å²) in [4.78, 5) is 39.9. The number of carbonyl (C=O) groups is 3. The molecule has 8 heteroatoms. The van der Waals surface area contributed by atoms with Crippen LogP contribution in [0.3, 0.4) is 0 Å². The van der Waals surface area contributed by atoms with Gasteiger partial charge in [0, 0.05) is 29.1 Å². The maximum absolute atomic E-state index is 13.0. The molecule has 1 N–H and O–H groups in total. The van der Waals surface area contributed by atoms with Crippen molar-refractivity contribution in [1.82, 2.24) is 0 Å². The summed E-state index contributed by atoms with van der Waals surface area (Å²) in [5.74, 6) is -2.65. The second kappa shape index (κ2) is 10.7. The van der Waals surface area contributed by atoms with Crippen molar-refractivity contribution in [1.29, 1.82) is 0 Å². The van der Waals surface area contributed by atoms with E-state index in [0.29, 0.717) is 17.1 Å². The van der Waals surface area contributed by atoms with Crippen molar-refractivity contribution in [3.63, 3.8) is 0 Å². The van der Waals surface area contributed by atoms with Crippen LogP contribution in [0.4, 0.5) is 5.69 Å². The molecule has 1 heterocycles. The summed E-state index contributed by atoms with van der Waals surface area (Å²) in [5, 5.41) is 9.96. The van der Waals surface area contributed by atoms with Gasteiger partial charge in [-0.05, 0) is 46.8 Å². The molecule has 2 rings (SSSR count). The summed E-state index contributed by atoms with van der Waals surface area (Å²) in [7, 11) is 0. The minimum absolute atomic E-state index is 0.0297. The zero-order valence-electron chi connectivity index (χ0n) is 18.6. The van der Waals surface area contributed by atoms with Crippen LogP contribution in [-0.2, 0) is 28.6 Å². The largest absolute Gasteiger partial charge is 0.508 e. The van der Waals surface area contributed by atoms with Crippen molar-refractivity contribution >= 4 is 23.6 Å². The van der Waals surface area contributed by atoms with E-state index in [-0.39, 0.29) is 43.1 Å². The number of ether oxygens (including phenoxy) is 3. The Morgan fingerprint density at radius 3 is 1.87 bits per heavy atom. The Hall–Kier alpha value is -3.29. The molecule has 0 amide bonds. The lowest BCUT2D eigenvalue weighted by atomic mass is 9.82. The minimum atomic E-state index is -0.884. The molecule has 8 nitrogen and oxygen atoms in total. The molecule has 31 heavy (non-hydrogen) atoms. The lowest BCUT2D eigenvalue weighted by molar-refractivity contribution is -0.144. The highest BCUT2D eigenvalue weighted by atomic mass is 16.5. The summed E-state index contributed by atoms with van der Waals surface area (Å²) < 4.78 is 15.6. The van der Waals surface area contributed by atoms with Gasteiger partial charge >= 0.3 is 17.9 Å². The van der Waals surface area contributed by atoms with Crippen molar-refractivity contribution < 1.29 is 33.7 Å². The van der Waals surface area contributed by atoms with Crippen LogP contribution in [0.2, 0.25) is 0 Å². The lowest BCUT2D eigenvalue weighted by Crippen LogP contribution is -2.37. The third-order valence-corrected chi connectivity index (χ3v) is 4.90. The summed E-state index contributed by atoms with van der Waals surface area (Å²) >= 11 is 0. The number of esters is 3. The van der Waals surface area contributed by atoms with Crippen LogP contribution < -0.4 is 4.90 Å². The number of phenols is 1. The summed E-state index contributed by atoms with van der Waals surface area (Å²) in [6, 6.07) is 6.44. The molecule has 0 aromatic heterocycles. The van der Waals surface area contributed by atoms with Gasteiger partial charge in [0.05, 0.1) is 37.4 Å². The first-order chi connectivity index (χ1) is 14.8. The molecule has 0 atom stereocenters. The van der Waals surface area contributed by atoms with Gasteiger partial charge in [0.15, 0.2) is 0 Å². The number of phenolic OH excluding ortho intramolecular Hbond substituents is 1. The number of hydrogen-bond acceptors (Lipinski definition) is 8. The van der Waals surface area contributed by atoms with Crippen molar-refractivity contribution in [2.75, 3.05) is 24.7 Å². The van der Waals surface area contributed by atoms with E-state index < -0.39 is 23.8 Å². The molecule has 0 fully saturated rings. The van der Waals surface area contributed by atoms with Gasteiger partial charge in [-0.3, -0.25) is 4.79 Å². The van der Waals surface area contributed by atoms with Crippen LogP contribution in [0.15, 0.2) is 46.8 Å². The fourth-order valence-electron chi connectivity index (χ4n) is 3.75. The van der Waals surface area contributed by atoms with Gasteiger partial charge in [0.25, 0.3) is 0 Å². The maximum Gasteiger partial charge on any atom is 0.336 e. The predicted molar refractivity (Wildman–Crippen MR) is 114 cm³/mol. The van der Waals surface area contributed by atoms with E-state index in [1.165, 1.54) is 12.1 Å². The van der Waals surface area contributed by atoms with Gasteiger partial charge in [0.2, 0.25) is 0 Å². The normalized spacial score (nSPS) is 14.5. The van der Waals surface area contributed by atoms with E-state index in [0.717, 1.165) is 0 Å². The highest BCUT2D eigenvalue weighted by molar-refractivity contribution is 6.00. The molecule has 0 aliphatic carbocycles. The molecule has 0 bridgehead atoms. The first-order valence-corrected chi connectivity index (χ1v) is 10.3. The summed E-state index contributed by atoms with van der Waals surface area (Å²) in [6.45, 7) is 8.89. The molecule has 0 saturated carbocycles. The van der Waals surface area contributed by atoms with Crippen molar-refractivity contribution in [3.8, 4) is 5.75 Å². The number of rotatable bonds is 8. The zero-order valence-corrected chi connectivity index (χ0v) is 18.6. The van der Waals surface area contributed by atoms with Crippen LogP contribution in [0.5, 0.6) is 5.75 Å².